The molecule has 0 radical (unpaired) electrons. The highest BCUT2D eigenvalue weighted by atomic mass is 32.2. The van der Waals surface area contributed by atoms with Crippen LogP contribution < -0.4 is 4.90 Å². The van der Waals surface area contributed by atoms with Gasteiger partial charge in [-0.25, -0.2) is 0 Å². The number of nitrogens with zero attached hydrogens (tertiary/aromatic N) is 1. The molecule has 84 heavy (non-hydrogen) atoms. The van der Waals surface area contributed by atoms with Gasteiger partial charge in [-0.2, -0.15) is 0 Å². The Hall–Kier alpha value is -9.64. The van der Waals surface area contributed by atoms with Gasteiger partial charge in [0.2, 0.25) is 0 Å². The van der Waals surface area contributed by atoms with Gasteiger partial charge in [0.15, 0.2) is 0 Å². The molecular weight excluding hydrogens is 1050 g/mol. The van der Waals surface area contributed by atoms with E-state index in [1.807, 2.05) is 23.5 Å². The van der Waals surface area contributed by atoms with Crippen molar-refractivity contribution in [3.63, 3.8) is 0 Å². The SMILES string of the molecule is c1ccc(C2(c3ccccc3)c3ccccc3-c3ccc(-c4ccc(N(c5cccc6c5-c5ccccc5C65c6ccccc6Sc6ccccc65)c5cccc6c5-c5ccccc5C65c6ccccc6Sc6ccccc65)cc4)cc32)cc1. The van der Waals surface area contributed by atoms with E-state index in [4.69, 9.17) is 0 Å². The number of hydrogen-bond donors (Lipinski definition) is 0. The molecule has 0 amide bonds. The molecule has 3 heteroatoms. The summed E-state index contributed by atoms with van der Waals surface area (Å²) in [5.74, 6) is 0. The lowest BCUT2D eigenvalue weighted by Crippen LogP contribution is -2.32. The zero-order valence-electron chi connectivity index (χ0n) is 45.7. The van der Waals surface area contributed by atoms with Crippen LogP contribution in [0.5, 0.6) is 0 Å². The predicted octanol–water partition coefficient (Wildman–Crippen LogP) is 20.8. The second-order valence-corrected chi connectivity index (χ2v) is 25.0. The van der Waals surface area contributed by atoms with E-state index in [2.05, 4.69) is 314 Å². The third-order valence-electron chi connectivity index (χ3n) is 19.1. The van der Waals surface area contributed by atoms with Crippen LogP contribution in [0.2, 0.25) is 0 Å². The van der Waals surface area contributed by atoms with Gasteiger partial charge >= 0.3 is 0 Å². The first-order valence-corrected chi connectivity index (χ1v) is 30.8. The van der Waals surface area contributed by atoms with Crippen LogP contribution in [0.3, 0.4) is 0 Å². The summed E-state index contributed by atoms with van der Waals surface area (Å²) in [5, 5.41) is 0. The van der Waals surface area contributed by atoms with Crippen LogP contribution in [-0.4, -0.2) is 0 Å². The van der Waals surface area contributed by atoms with Gasteiger partial charge in [0, 0.05) is 36.4 Å². The van der Waals surface area contributed by atoms with Crippen molar-refractivity contribution in [2.45, 2.75) is 35.8 Å². The van der Waals surface area contributed by atoms with Gasteiger partial charge in [0.25, 0.3) is 0 Å². The number of rotatable bonds is 6. The van der Waals surface area contributed by atoms with Gasteiger partial charge < -0.3 is 4.90 Å². The second-order valence-electron chi connectivity index (χ2n) is 22.8. The fraction of sp³-hybridized carbons (Fsp3) is 0.0370. The van der Waals surface area contributed by atoms with Crippen LogP contribution in [0.4, 0.5) is 17.1 Å². The lowest BCUT2D eigenvalue weighted by molar-refractivity contribution is 0.722. The second kappa shape index (κ2) is 18.2. The highest BCUT2D eigenvalue weighted by molar-refractivity contribution is 7.99. The van der Waals surface area contributed by atoms with Crippen LogP contribution in [0.15, 0.2) is 329 Å². The Labute approximate surface area is 498 Å². The highest BCUT2D eigenvalue weighted by Crippen LogP contribution is 2.67. The quantitative estimate of drug-likeness (QED) is 0.163. The molecule has 2 heterocycles. The van der Waals surface area contributed by atoms with Crippen LogP contribution in [0.25, 0.3) is 44.5 Å². The molecule has 13 aromatic carbocycles. The van der Waals surface area contributed by atoms with Gasteiger partial charge in [-0.3, -0.25) is 0 Å². The van der Waals surface area contributed by atoms with Crippen molar-refractivity contribution in [3.05, 3.63) is 376 Å². The fourth-order valence-electron chi connectivity index (χ4n) is 16.0. The predicted molar refractivity (Wildman–Crippen MR) is 347 cm³/mol. The molecule has 3 aliphatic carbocycles. The maximum Gasteiger partial charge on any atom is 0.0736 e. The van der Waals surface area contributed by atoms with Crippen LogP contribution >= 0.6 is 23.5 Å². The highest BCUT2D eigenvalue weighted by Gasteiger charge is 2.54. The first kappa shape index (κ1) is 47.9. The summed E-state index contributed by atoms with van der Waals surface area (Å²) < 4.78 is 0. The molecule has 0 saturated carbocycles. The molecule has 2 aliphatic heterocycles. The summed E-state index contributed by atoms with van der Waals surface area (Å²) in [5.41, 5.74) is 27.5. The fourth-order valence-corrected chi connectivity index (χ4v) is 18.4. The summed E-state index contributed by atoms with van der Waals surface area (Å²) in [6.07, 6.45) is 0. The van der Waals surface area contributed by atoms with Gasteiger partial charge in [-0.05, 0) is 155 Å². The van der Waals surface area contributed by atoms with Gasteiger partial charge in [-0.1, -0.05) is 278 Å². The lowest BCUT2D eigenvalue weighted by Gasteiger charge is -2.40. The van der Waals surface area contributed by atoms with Gasteiger partial charge in [-0.15, -0.1) is 0 Å². The van der Waals surface area contributed by atoms with Crippen molar-refractivity contribution in [1.29, 1.82) is 0 Å². The third-order valence-corrected chi connectivity index (χ3v) is 21.4. The minimum absolute atomic E-state index is 0.500. The molecule has 0 N–H and O–H groups in total. The standard InChI is InChI=1S/C81H51NS2/c1-3-23-54(24-4-1)79(55-25-5-2-6-26-55)61-30-10-7-27-57(61)58-50-47-53(51-70(58)79)52-45-48-56(49-46-52)82(71-39-21-37-68-77(71)59-28-8-11-31-62(59)80(68)64-33-13-17-41-73(64)83-74-42-18-14-34-65(74)80)72-40-22-38-69-78(72)60-29-9-12-32-63(60)81(69)66-35-15-19-43-75(66)84-76-44-20-16-36-67(76)81/h1-51H. The number of benzene rings is 13. The van der Waals surface area contributed by atoms with Crippen molar-refractivity contribution >= 4 is 40.6 Å². The van der Waals surface area contributed by atoms with E-state index in [0.29, 0.717) is 0 Å². The Morgan fingerprint density at radius 1 is 0.226 bits per heavy atom. The smallest absolute Gasteiger partial charge is 0.0736 e. The summed E-state index contributed by atoms with van der Waals surface area (Å²) in [4.78, 5) is 7.81. The molecule has 18 rings (SSSR count). The third kappa shape index (κ3) is 6.27. The Kier molecular flexibility index (Phi) is 10.4. The zero-order valence-corrected chi connectivity index (χ0v) is 47.3. The molecule has 0 atom stereocenters. The topological polar surface area (TPSA) is 3.24 Å². The minimum Gasteiger partial charge on any atom is -0.309 e. The first-order chi connectivity index (χ1) is 41.7. The molecule has 0 unspecified atom stereocenters. The number of hydrogen-bond acceptors (Lipinski definition) is 3. The van der Waals surface area contributed by atoms with E-state index in [9.17, 15) is 0 Å². The van der Waals surface area contributed by atoms with Crippen molar-refractivity contribution in [2.24, 2.45) is 0 Å². The molecule has 0 aromatic heterocycles. The molecule has 0 bridgehead atoms. The summed E-state index contributed by atoms with van der Waals surface area (Å²) >= 11 is 3.79. The van der Waals surface area contributed by atoms with Crippen molar-refractivity contribution in [3.8, 4) is 44.5 Å². The first-order valence-electron chi connectivity index (χ1n) is 29.1. The Balaban J connectivity index is 0.891. The lowest BCUT2D eigenvalue weighted by atomic mass is 9.67. The molecule has 1 nitrogen and oxygen atoms in total. The average Bonchev–Trinajstić information content (AvgIpc) is 1.65. The van der Waals surface area contributed by atoms with Crippen molar-refractivity contribution in [1.82, 2.24) is 0 Å². The van der Waals surface area contributed by atoms with E-state index < -0.39 is 16.2 Å². The molecule has 0 fully saturated rings. The molecular formula is C81H51NS2. The summed E-state index contributed by atoms with van der Waals surface area (Å²) in [7, 11) is 0. The minimum atomic E-state index is -0.541. The molecule has 392 valence electrons. The van der Waals surface area contributed by atoms with E-state index in [1.165, 1.54) is 131 Å². The Bertz CT molecular complexity index is 4540. The summed E-state index contributed by atoms with van der Waals surface area (Å²) in [6.45, 7) is 0. The molecule has 13 aromatic rings. The van der Waals surface area contributed by atoms with Gasteiger partial charge in [0.05, 0.1) is 27.6 Å². The monoisotopic (exact) mass is 1100 g/mol. The maximum absolute atomic E-state index is 2.62. The van der Waals surface area contributed by atoms with Crippen LogP contribution in [-0.2, 0) is 16.2 Å². The van der Waals surface area contributed by atoms with Crippen molar-refractivity contribution in [2.75, 3.05) is 4.90 Å². The summed E-state index contributed by atoms with van der Waals surface area (Å²) in [6, 6.07) is 117. The van der Waals surface area contributed by atoms with E-state index in [0.717, 1.165) is 17.1 Å². The largest absolute Gasteiger partial charge is 0.309 e. The Morgan fingerprint density at radius 2 is 0.571 bits per heavy atom. The van der Waals surface area contributed by atoms with Gasteiger partial charge in [0.1, 0.15) is 0 Å². The Morgan fingerprint density at radius 3 is 1.02 bits per heavy atom. The van der Waals surface area contributed by atoms with E-state index in [1.54, 1.807) is 0 Å². The molecule has 2 spiro atoms. The maximum atomic E-state index is 2.62. The van der Waals surface area contributed by atoms with Crippen LogP contribution in [0, 0.1) is 0 Å². The normalized spacial score (nSPS) is 14.9. The van der Waals surface area contributed by atoms with Crippen LogP contribution in [0.1, 0.15) is 66.8 Å². The van der Waals surface area contributed by atoms with Crippen molar-refractivity contribution < 1.29 is 0 Å². The number of anilines is 3. The number of fused-ring (bicyclic) bond motifs is 21. The van der Waals surface area contributed by atoms with E-state index >= 15 is 0 Å². The molecule has 5 aliphatic rings. The van der Waals surface area contributed by atoms with E-state index in [-0.39, 0.29) is 0 Å². The molecule has 0 saturated heterocycles. The average molecular weight is 1100 g/mol. The zero-order chi connectivity index (χ0) is 55.1.